The summed E-state index contributed by atoms with van der Waals surface area (Å²) in [5, 5.41) is 12.7. The topological polar surface area (TPSA) is 87.7 Å². The Kier molecular flexibility index (Phi) is 5.39. The molecule has 0 amide bonds. The van der Waals surface area contributed by atoms with Crippen molar-refractivity contribution >= 4 is 10.0 Å². The Morgan fingerprint density at radius 2 is 2.06 bits per heavy atom. The molecule has 102 valence electrons. The molecule has 6 nitrogen and oxygen atoms in total. The van der Waals surface area contributed by atoms with E-state index in [1.807, 2.05) is 0 Å². The number of ether oxygens (including phenoxy) is 1. The molecule has 0 spiro atoms. The van der Waals surface area contributed by atoms with Crippen molar-refractivity contribution in [2.45, 2.75) is 6.54 Å². The van der Waals surface area contributed by atoms with Crippen molar-refractivity contribution in [1.82, 2.24) is 10.0 Å². The van der Waals surface area contributed by atoms with E-state index >= 15 is 0 Å². The zero-order valence-electron chi connectivity index (χ0n) is 10.4. The third-order valence-electron chi connectivity index (χ3n) is 2.27. The SMILES string of the molecule is COc1ccc(CNCCNS(C)(=O)=O)c(O)c1. The maximum atomic E-state index is 10.8. The number of hydrogen-bond donors (Lipinski definition) is 3. The Balaban J connectivity index is 2.36. The van der Waals surface area contributed by atoms with Gasteiger partial charge in [-0.25, -0.2) is 13.1 Å². The molecule has 1 rings (SSSR count). The van der Waals surface area contributed by atoms with Crippen molar-refractivity contribution in [2.24, 2.45) is 0 Å². The molecule has 0 radical (unpaired) electrons. The van der Waals surface area contributed by atoms with Crippen molar-refractivity contribution in [3.05, 3.63) is 23.8 Å². The number of nitrogens with one attached hydrogen (secondary N) is 2. The van der Waals surface area contributed by atoms with Crippen molar-refractivity contribution in [2.75, 3.05) is 26.5 Å². The smallest absolute Gasteiger partial charge is 0.208 e. The summed E-state index contributed by atoms with van der Waals surface area (Å²) >= 11 is 0. The molecule has 1 aromatic carbocycles. The molecule has 0 aliphatic carbocycles. The maximum absolute atomic E-state index is 10.8. The molecule has 0 fully saturated rings. The molecule has 3 N–H and O–H groups in total. The van der Waals surface area contributed by atoms with Gasteiger partial charge in [0.25, 0.3) is 0 Å². The Hall–Kier alpha value is -1.31. The molecular formula is C11H18N2O4S. The van der Waals surface area contributed by atoms with Crippen LogP contribution in [0.25, 0.3) is 0 Å². The van der Waals surface area contributed by atoms with Gasteiger partial charge in [0.15, 0.2) is 0 Å². The number of phenolic OH excluding ortho intramolecular Hbond substituents is 1. The summed E-state index contributed by atoms with van der Waals surface area (Å²) in [6.45, 7) is 1.26. The molecule has 0 saturated heterocycles. The minimum atomic E-state index is -3.14. The normalized spacial score (nSPS) is 11.4. The molecule has 7 heteroatoms. The number of aromatic hydroxyl groups is 1. The van der Waals surface area contributed by atoms with E-state index in [4.69, 9.17) is 4.74 Å². The van der Waals surface area contributed by atoms with Crippen LogP contribution in [0.15, 0.2) is 18.2 Å². The first-order valence-electron chi connectivity index (χ1n) is 5.43. The molecular weight excluding hydrogens is 256 g/mol. The van der Waals surface area contributed by atoms with Crippen molar-refractivity contribution < 1.29 is 18.3 Å². The monoisotopic (exact) mass is 274 g/mol. The van der Waals surface area contributed by atoms with Crippen LogP contribution in [0.5, 0.6) is 11.5 Å². The molecule has 18 heavy (non-hydrogen) atoms. The Morgan fingerprint density at radius 1 is 1.33 bits per heavy atom. The van der Waals surface area contributed by atoms with Crippen LogP contribution in [0.4, 0.5) is 0 Å². The zero-order chi connectivity index (χ0) is 13.6. The van der Waals surface area contributed by atoms with Crippen LogP contribution >= 0.6 is 0 Å². The highest BCUT2D eigenvalue weighted by Gasteiger charge is 2.03. The summed E-state index contributed by atoms with van der Waals surface area (Å²) in [6, 6.07) is 5.04. The molecule has 0 aliphatic heterocycles. The second kappa shape index (κ2) is 6.58. The fourth-order valence-electron chi connectivity index (χ4n) is 1.37. The zero-order valence-corrected chi connectivity index (χ0v) is 11.3. The van der Waals surface area contributed by atoms with Crippen LogP contribution in [0, 0.1) is 0 Å². The van der Waals surface area contributed by atoms with Crippen LogP contribution < -0.4 is 14.8 Å². The standard InChI is InChI=1S/C11H18N2O4S/c1-17-10-4-3-9(11(14)7-10)8-12-5-6-13-18(2,15)16/h3-4,7,12-14H,5-6,8H2,1-2H3. The third-order valence-corrected chi connectivity index (χ3v) is 3.00. The average molecular weight is 274 g/mol. The summed E-state index contributed by atoms with van der Waals surface area (Å²) in [6.07, 6.45) is 1.11. The maximum Gasteiger partial charge on any atom is 0.208 e. The predicted octanol–water partition coefficient (Wildman–Crippen LogP) is 0.0396. The van der Waals surface area contributed by atoms with Crippen LogP contribution in [0.3, 0.4) is 0 Å². The minimum absolute atomic E-state index is 0.151. The number of methoxy groups -OCH3 is 1. The second-order valence-corrected chi connectivity index (χ2v) is 5.67. The Labute approximate surface area is 107 Å². The van der Waals surface area contributed by atoms with Gasteiger partial charge in [0, 0.05) is 31.3 Å². The molecule has 0 aliphatic rings. The lowest BCUT2D eigenvalue weighted by Gasteiger charge is -2.08. The fourth-order valence-corrected chi connectivity index (χ4v) is 1.84. The van der Waals surface area contributed by atoms with Crippen molar-refractivity contribution in [3.63, 3.8) is 0 Å². The number of benzene rings is 1. The summed E-state index contributed by atoms with van der Waals surface area (Å²) in [5.74, 6) is 0.743. The van der Waals surface area contributed by atoms with Gasteiger partial charge >= 0.3 is 0 Å². The third kappa shape index (κ3) is 5.35. The van der Waals surface area contributed by atoms with Gasteiger partial charge < -0.3 is 15.2 Å². The van der Waals surface area contributed by atoms with Crippen LogP contribution in [0.1, 0.15) is 5.56 Å². The minimum Gasteiger partial charge on any atom is -0.507 e. The van der Waals surface area contributed by atoms with E-state index in [-0.39, 0.29) is 5.75 Å². The quantitative estimate of drug-likeness (QED) is 0.611. The van der Waals surface area contributed by atoms with Gasteiger partial charge in [-0.2, -0.15) is 0 Å². The van der Waals surface area contributed by atoms with E-state index in [1.54, 1.807) is 12.1 Å². The molecule has 1 aromatic rings. The Morgan fingerprint density at radius 3 is 2.61 bits per heavy atom. The highest BCUT2D eigenvalue weighted by atomic mass is 32.2. The Bertz CT molecular complexity index is 488. The first kappa shape index (κ1) is 14.7. The van der Waals surface area contributed by atoms with Gasteiger partial charge in [0.2, 0.25) is 10.0 Å². The van der Waals surface area contributed by atoms with Gasteiger partial charge in [0.05, 0.1) is 13.4 Å². The highest BCUT2D eigenvalue weighted by molar-refractivity contribution is 7.88. The van der Waals surface area contributed by atoms with Crippen molar-refractivity contribution in [3.8, 4) is 11.5 Å². The van der Waals surface area contributed by atoms with Gasteiger partial charge in [-0.15, -0.1) is 0 Å². The lowest BCUT2D eigenvalue weighted by Crippen LogP contribution is -2.30. The van der Waals surface area contributed by atoms with Gasteiger partial charge in [-0.05, 0) is 6.07 Å². The first-order valence-corrected chi connectivity index (χ1v) is 7.33. The second-order valence-electron chi connectivity index (χ2n) is 3.84. The van der Waals surface area contributed by atoms with E-state index in [0.29, 0.717) is 25.4 Å². The highest BCUT2D eigenvalue weighted by Crippen LogP contribution is 2.22. The summed E-state index contributed by atoms with van der Waals surface area (Å²) in [7, 11) is -1.61. The van der Waals surface area contributed by atoms with Gasteiger partial charge in [-0.3, -0.25) is 0 Å². The number of phenols is 1. The summed E-state index contributed by atoms with van der Waals surface area (Å²) < 4.78 is 28.9. The molecule has 0 heterocycles. The number of hydrogen-bond acceptors (Lipinski definition) is 5. The fraction of sp³-hybridized carbons (Fsp3) is 0.455. The number of sulfonamides is 1. The van der Waals surface area contributed by atoms with E-state index in [2.05, 4.69) is 10.0 Å². The average Bonchev–Trinajstić information content (AvgIpc) is 2.29. The van der Waals surface area contributed by atoms with Gasteiger partial charge in [-0.1, -0.05) is 6.07 Å². The van der Waals surface area contributed by atoms with E-state index < -0.39 is 10.0 Å². The van der Waals surface area contributed by atoms with E-state index in [1.165, 1.54) is 13.2 Å². The first-order chi connectivity index (χ1) is 8.42. The predicted molar refractivity (Wildman–Crippen MR) is 69.2 cm³/mol. The lowest BCUT2D eigenvalue weighted by atomic mass is 10.2. The van der Waals surface area contributed by atoms with E-state index in [9.17, 15) is 13.5 Å². The van der Waals surface area contributed by atoms with Crippen LogP contribution in [0.2, 0.25) is 0 Å². The van der Waals surface area contributed by atoms with Gasteiger partial charge in [0.1, 0.15) is 11.5 Å². The largest absolute Gasteiger partial charge is 0.507 e. The molecule has 0 saturated carbocycles. The summed E-state index contributed by atoms with van der Waals surface area (Å²) in [4.78, 5) is 0. The summed E-state index contributed by atoms with van der Waals surface area (Å²) in [5.41, 5.74) is 0.732. The molecule has 0 bridgehead atoms. The van der Waals surface area contributed by atoms with E-state index in [0.717, 1.165) is 11.8 Å². The van der Waals surface area contributed by atoms with Crippen LogP contribution in [-0.4, -0.2) is 40.0 Å². The molecule has 0 unspecified atom stereocenters. The van der Waals surface area contributed by atoms with Crippen LogP contribution in [-0.2, 0) is 16.6 Å². The lowest BCUT2D eigenvalue weighted by molar-refractivity contribution is 0.406. The van der Waals surface area contributed by atoms with Crippen molar-refractivity contribution in [1.29, 1.82) is 0 Å². The molecule has 0 aromatic heterocycles. The molecule has 0 atom stereocenters. The number of rotatable bonds is 7.